The molecule has 178 valence electrons. The molecule has 0 N–H and O–H groups in total. The summed E-state index contributed by atoms with van der Waals surface area (Å²) < 4.78 is 17.5. The zero-order chi connectivity index (χ0) is 23.9. The van der Waals surface area contributed by atoms with E-state index in [-0.39, 0.29) is 11.4 Å². The van der Waals surface area contributed by atoms with Crippen molar-refractivity contribution in [3.63, 3.8) is 0 Å². The first-order valence-corrected chi connectivity index (χ1v) is 12.2. The number of hydrogen-bond donors (Lipinski definition) is 0. The van der Waals surface area contributed by atoms with E-state index >= 15 is 0 Å². The van der Waals surface area contributed by atoms with Gasteiger partial charge < -0.3 is 4.90 Å². The molecular weight excluding hydrogens is 443 g/mol. The molecule has 0 amide bonds. The van der Waals surface area contributed by atoms with Crippen molar-refractivity contribution in [2.45, 2.75) is 39.2 Å². The van der Waals surface area contributed by atoms with Gasteiger partial charge in [0.25, 0.3) is 5.56 Å². The monoisotopic (exact) mass is 470 g/mol. The van der Waals surface area contributed by atoms with Gasteiger partial charge in [0.05, 0.1) is 0 Å². The highest BCUT2D eigenvalue weighted by molar-refractivity contribution is 5.81. The summed E-state index contributed by atoms with van der Waals surface area (Å²) in [5, 5.41) is 4.41. The number of piperidine rings is 1. The number of aryl methyl sites for hydroxylation is 3. The van der Waals surface area contributed by atoms with E-state index in [2.05, 4.69) is 20.0 Å². The number of nitrogens with zero attached hydrogens (tertiary/aromatic N) is 6. The van der Waals surface area contributed by atoms with Gasteiger partial charge in [0.15, 0.2) is 5.82 Å². The van der Waals surface area contributed by atoms with Gasteiger partial charge in [0.1, 0.15) is 17.8 Å². The smallest absolute Gasteiger partial charge is 0.261 e. The molecule has 0 saturated carbocycles. The largest absolute Gasteiger partial charge is 0.302 e. The molecule has 3 aromatic heterocycles. The second-order valence-electron chi connectivity index (χ2n) is 9.34. The number of benzene rings is 1. The van der Waals surface area contributed by atoms with Crippen LogP contribution in [0.4, 0.5) is 4.39 Å². The molecule has 1 saturated heterocycles. The second kappa shape index (κ2) is 8.85. The van der Waals surface area contributed by atoms with Crippen molar-refractivity contribution in [3.8, 4) is 0 Å². The molecule has 2 aliphatic heterocycles. The lowest BCUT2D eigenvalue weighted by Gasteiger charge is -2.30. The Labute approximate surface area is 202 Å². The van der Waals surface area contributed by atoms with Crippen LogP contribution in [-0.2, 0) is 19.4 Å². The van der Waals surface area contributed by atoms with E-state index in [1.807, 2.05) is 35.9 Å². The maximum absolute atomic E-state index is 14.0. The second-order valence-corrected chi connectivity index (χ2v) is 9.34. The Kier molecular flexibility index (Phi) is 5.53. The molecule has 2 aliphatic rings. The Balaban J connectivity index is 1.24. The number of rotatable bonds is 3. The maximum Gasteiger partial charge on any atom is 0.261 e. The third kappa shape index (κ3) is 3.97. The van der Waals surface area contributed by atoms with E-state index in [0.29, 0.717) is 18.6 Å². The number of pyridine rings is 1. The zero-order valence-corrected chi connectivity index (χ0v) is 19.7. The molecular formula is C27H27FN6O. The van der Waals surface area contributed by atoms with Gasteiger partial charge in [-0.3, -0.25) is 9.20 Å². The van der Waals surface area contributed by atoms with Gasteiger partial charge in [-0.15, -0.1) is 0 Å². The molecule has 5 heterocycles. The van der Waals surface area contributed by atoms with Crippen LogP contribution in [0.1, 0.15) is 41.1 Å². The minimum Gasteiger partial charge on any atom is -0.302 e. The predicted octanol–water partition coefficient (Wildman–Crippen LogP) is 3.43. The third-order valence-electron chi connectivity index (χ3n) is 7.29. The molecule has 8 heteroatoms. The molecule has 0 bridgehead atoms. The molecule has 0 unspecified atom stereocenters. The van der Waals surface area contributed by atoms with Crippen LogP contribution in [-0.4, -0.2) is 48.7 Å². The molecule has 35 heavy (non-hydrogen) atoms. The molecule has 7 nitrogen and oxygen atoms in total. The fourth-order valence-electron chi connectivity index (χ4n) is 5.42. The van der Waals surface area contributed by atoms with Crippen molar-refractivity contribution < 1.29 is 4.39 Å². The summed E-state index contributed by atoms with van der Waals surface area (Å²) in [6.07, 6.45) is 6.62. The van der Waals surface area contributed by atoms with Crippen molar-refractivity contribution in [3.05, 3.63) is 98.9 Å². The molecule has 0 spiro atoms. The molecule has 0 aliphatic carbocycles. The van der Waals surface area contributed by atoms with Gasteiger partial charge in [-0.05, 0) is 68.0 Å². The number of likely N-dealkylation sites (tertiary alicyclic amines) is 1. The van der Waals surface area contributed by atoms with E-state index in [4.69, 9.17) is 0 Å². The van der Waals surface area contributed by atoms with Crippen molar-refractivity contribution in [2.75, 3.05) is 19.6 Å². The normalized spacial score (nSPS) is 16.3. The standard InChI is InChI=1S/C27H27FN6O/c1-18-22(27(35)33-11-3-2-4-24(33)31-18)10-14-32-12-7-19(8-13-32)25-23-6-5-21(28)16-20(23)9-15-34-26(25)29-17-30-34/h2-6,11,16-17H,7-10,12-15H2,1H3. The number of fused-ring (bicyclic) bond motifs is 3. The Morgan fingerprint density at radius 3 is 2.77 bits per heavy atom. The minimum absolute atomic E-state index is 0.0227. The lowest BCUT2D eigenvalue weighted by Crippen LogP contribution is -2.34. The van der Waals surface area contributed by atoms with Crippen molar-refractivity contribution in [1.82, 2.24) is 29.0 Å². The van der Waals surface area contributed by atoms with Gasteiger partial charge in [0, 0.05) is 49.2 Å². The van der Waals surface area contributed by atoms with E-state index in [0.717, 1.165) is 72.7 Å². The van der Waals surface area contributed by atoms with Gasteiger partial charge in [-0.1, -0.05) is 17.7 Å². The van der Waals surface area contributed by atoms with Crippen LogP contribution in [0.2, 0.25) is 0 Å². The third-order valence-corrected chi connectivity index (χ3v) is 7.29. The summed E-state index contributed by atoms with van der Waals surface area (Å²) >= 11 is 0. The Morgan fingerprint density at radius 2 is 1.91 bits per heavy atom. The summed E-state index contributed by atoms with van der Waals surface area (Å²) in [5.74, 6) is 0.675. The fourth-order valence-corrected chi connectivity index (χ4v) is 5.42. The number of halogens is 1. The van der Waals surface area contributed by atoms with E-state index in [9.17, 15) is 9.18 Å². The average molecular weight is 471 g/mol. The lowest BCUT2D eigenvalue weighted by atomic mass is 9.89. The first-order valence-electron chi connectivity index (χ1n) is 12.2. The SMILES string of the molecule is Cc1nc2ccccn2c(=O)c1CCN1CCC(=C2c3ccc(F)cc3CCn3ncnc32)CC1. The fraction of sp³-hybridized carbons (Fsp3) is 0.333. The van der Waals surface area contributed by atoms with Gasteiger partial charge in [-0.2, -0.15) is 5.10 Å². The van der Waals surface area contributed by atoms with Crippen LogP contribution in [0.3, 0.4) is 0 Å². The van der Waals surface area contributed by atoms with Crippen LogP contribution >= 0.6 is 0 Å². The van der Waals surface area contributed by atoms with Gasteiger partial charge in [0.2, 0.25) is 0 Å². The zero-order valence-electron chi connectivity index (χ0n) is 19.7. The molecule has 6 rings (SSSR count). The lowest BCUT2D eigenvalue weighted by molar-refractivity contribution is 0.259. The summed E-state index contributed by atoms with van der Waals surface area (Å²) in [6, 6.07) is 10.7. The highest BCUT2D eigenvalue weighted by Crippen LogP contribution is 2.35. The van der Waals surface area contributed by atoms with Crippen LogP contribution in [0.15, 0.2) is 59.3 Å². The Hall–Kier alpha value is -3.65. The van der Waals surface area contributed by atoms with Gasteiger partial charge in [-0.25, -0.2) is 19.0 Å². The predicted molar refractivity (Wildman–Crippen MR) is 132 cm³/mol. The minimum atomic E-state index is -0.204. The van der Waals surface area contributed by atoms with Crippen molar-refractivity contribution in [1.29, 1.82) is 0 Å². The van der Waals surface area contributed by atoms with E-state index in [1.54, 1.807) is 29.1 Å². The van der Waals surface area contributed by atoms with E-state index in [1.165, 1.54) is 5.57 Å². The van der Waals surface area contributed by atoms with Gasteiger partial charge >= 0.3 is 0 Å². The van der Waals surface area contributed by atoms with Crippen LogP contribution in [0.25, 0.3) is 11.2 Å². The van der Waals surface area contributed by atoms with Crippen molar-refractivity contribution >= 4 is 11.2 Å². The van der Waals surface area contributed by atoms with Crippen LogP contribution in [0.5, 0.6) is 0 Å². The quantitative estimate of drug-likeness (QED) is 0.459. The molecule has 0 radical (unpaired) electrons. The molecule has 4 aromatic rings. The van der Waals surface area contributed by atoms with Crippen LogP contribution in [0, 0.1) is 12.7 Å². The average Bonchev–Trinajstić information content (AvgIpc) is 3.27. The number of hydrogen-bond acceptors (Lipinski definition) is 5. The molecule has 0 atom stereocenters. The molecule has 1 fully saturated rings. The summed E-state index contributed by atoms with van der Waals surface area (Å²) in [7, 11) is 0. The first kappa shape index (κ1) is 21.9. The van der Waals surface area contributed by atoms with Crippen LogP contribution < -0.4 is 5.56 Å². The topological polar surface area (TPSA) is 68.3 Å². The summed E-state index contributed by atoms with van der Waals surface area (Å²) in [4.78, 5) is 24.6. The molecule has 1 aromatic carbocycles. The summed E-state index contributed by atoms with van der Waals surface area (Å²) in [6.45, 7) is 5.25. The Morgan fingerprint density at radius 1 is 1.06 bits per heavy atom. The number of aromatic nitrogens is 5. The maximum atomic E-state index is 14.0. The van der Waals surface area contributed by atoms with Crippen molar-refractivity contribution in [2.24, 2.45) is 0 Å². The summed E-state index contributed by atoms with van der Waals surface area (Å²) in [5.41, 5.74) is 6.85. The van der Waals surface area contributed by atoms with E-state index < -0.39 is 0 Å². The first-order chi connectivity index (χ1) is 17.1. The Bertz CT molecular complexity index is 1510. The highest BCUT2D eigenvalue weighted by atomic mass is 19.1. The highest BCUT2D eigenvalue weighted by Gasteiger charge is 2.26.